The SMILES string of the molecule is CC1=C(C)C(=O)C(C(CCCCCC(=O)O)c2ccccc2)=C(C)C1=O.O=C1O[C@H]([C@@H](O)CO)C(O)=C1O.O=[N+]([O-])OCC(CO[N+](=O)[O-])O[N+](=O)[O-]. The molecule has 22 nitrogen and oxygen atoms in total. The molecule has 2 aliphatic rings. The monoisotopic (exact) mass is 757 g/mol. The van der Waals surface area contributed by atoms with E-state index in [1.54, 1.807) is 20.8 Å². The molecule has 0 spiro atoms. The van der Waals surface area contributed by atoms with Crippen molar-refractivity contribution in [1.82, 2.24) is 0 Å². The van der Waals surface area contributed by atoms with E-state index in [1.807, 2.05) is 30.3 Å². The van der Waals surface area contributed by atoms with Gasteiger partial charge in [0.2, 0.25) is 5.76 Å². The molecule has 53 heavy (non-hydrogen) atoms. The van der Waals surface area contributed by atoms with E-state index < -0.39 is 76.8 Å². The number of ether oxygens (including phenoxy) is 1. The lowest BCUT2D eigenvalue weighted by atomic mass is 9.76. The number of carboxylic acid groups (broad SMARTS) is 1. The van der Waals surface area contributed by atoms with Crippen molar-refractivity contribution in [2.45, 2.75) is 77.1 Å². The number of nitrogens with zero attached hydrogens (tertiary/aromatic N) is 3. The first-order chi connectivity index (χ1) is 24.8. The number of esters is 1. The Labute approximate surface area is 299 Å². The van der Waals surface area contributed by atoms with Crippen LogP contribution in [0.5, 0.6) is 0 Å². The molecule has 0 aromatic heterocycles. The number of aliphatic hydroxyl groups is 4. The Morgan fingerprint density at radius 3 is 1.85 bits per heavy atom. The number of carboxylic acids is 1. The fourth-order valence-corrected chi connectivity index (χ4v) is 4.84. The molecule has 0 saturated carbocycles. The average Bonchev–Trinajstić information content (AvgIpc) is 3.37. The first-order valence-corrected chi connectivity index (χ1v) is 15.6. The number of rotatable bonds is 18. The Kier molecular flexibility index (Phi) is 18.6. The number of aliphatic hydroxyl groups excluding tert-OH is 4. The van der Waals surface area contributed by atoms with E-state index in [2.05, 4.69) is 19.2 Å². The van der Waals surface area contributed by atoms with Crippen LogP contribution in [0.15, 0.2) is 64.1 Å². The molecule has 0 saturated heterocycles. The maximum atomic E-state index is 12.9. The fourth-order valence-electron chi connectivity index (χ4n) is 4.84. The summed E-state index contributed by atoms with van der Waals surface area (Å²) >= 11 is 0. The lowest BCUT2D eigenvalue weighted by Crippen LogP contribution is -2.31. The van der Waals surface area contributed by atoms with Crippen LogP contribution in [0.3, 0.4) is 0 Å². The molecule has 5 N–H and O–H groups in total. The van der Waals surface area contributed by atoms with Crippen molar-refractivity contribution in [3.63, 3.8) is 0 Å². The smallest absolute Gasteiger partial charge is 0.377 e. The van der Waals surface area contributed by atoms with Gasteiger partial charge in [-0.2, -0.15) is 0 Å². The van der Waals surface area contributed by atoms with Crippen molar-refractivity contribution in [3.8, 4) is 0 Å². The van der Waals surface area contributed by atoms with Gasteiger partial charge in [-0.25, -0.2) is 4.79 Å². The molecule has 1 aliphatic carbocycles. The number of hydrogen-bond acceptors (Lipinski definition) is 18. The van der Waals surface area contributed by atoms with Gasteiger partial charge in [-0.1, -0.05) is 43.2 Å². The van der Waals surface area contributed by atoms with E-state index in [0.717, 1.165) is 24.8 Å². The minimum absolute atomic E-state index is 0.0426. The van der Waals surface area contributed by atoms with Crippen LogP contribution in [0.1, 0.15) is 64.4 Å². The molecule has 0 bridgehead atoms. The number of carbonyl (C=O) groups excluding carboxylic acids is 3. The summed E-state index contributed by atoms with van der Waals surface area (Å²) < 4.78 is 4.32. The number of cyclic esters (lactones) is 1. The maximum Gasteiger partial charge on any atom is 0.377 e. The lowest BCUT2D eigenvalue weighted by molar-refractivity contribution is -0.803. The second-order valence-electron chi connectivity index (χ2n) is 11.2. The summed E-state index contributed by atoms with van der Waals surface area (Å²) in [5.41, 5.74) is 3.22. The minimum Gasteiger partial charge on any atom is -0.505 e. The quantitative estimate of drug-likeness (QED) is 0.0471. The van der Waals surface area contributed by atoms with E-state index >= 15 is 0 Å². The normalized spacial score (nSPS) is 16.5. The number of hydrogen-bond donors (Lipinski definition) is 5. The van der Waals surface area contributed by atoms with Crippen molar-refractivity contribution in [3.05, 3.63) is 100 Å². The van der Waals surface area contributed by atoms with Gasteiger partial charge in [0.15, 0.2) is 29.5 Å². The number of allylic oxidation sites excluding steroid dienone is 4. The lowest BCUT2D eigenvalue weighted by Gasteiger charge is -2.26. The summed E-state index contributed by atoms with van der Waals surface area (Å²) in [4.78, 5) is 87.2. The van der Waals surface area contributed by atoms with Gasteiger partial charge in [-0.15, -0.1) is 30.3 Å². The molecule has 1 unspecified atom stereocenters. The number of Topliss-reactive ketones (excluding diaryl/α,β-unsaturated/α-hetero) is 2. The highest BCUT2D eigenvalue weighted by molar-refractivity contribution is 6.25. The minimum atomic E-state index is -1.55. The standard InChI is InChI=1S/C22H26O4.C6H8O6.C3H5N3O9/c1-14-15(2)22(26)20(16(3)21(14)25)18(17-10-6-4-7-11-17)12-8-5-9-13-19(23)24;7-1-2(8)5-3(9)4(10)6(11)12-5;7-4(8)13-1-3(15-6(11)12)2-14-5(9)10/h4,6-7,10-11,18H,5,8-9,12-13H2,1-3H3,(H,23,24);2,5,7-10H,1H2;3H,1-2H2/t;2-,5+;/m.0./s1. The summed E-state index contributed by atoms with van der Waals surface area (Å²) in [7, 11) is 0. The number of benzene rings is 1. The van der Waals surface area contributed by atoms with E-state index in [9.17, 15) is 49.5 Å². The van der Waals surface area contributed by atoms with Gasteiger partial charge in [0, 0.05) is 34.6 Å². The highest BCUT2D eigenvalue weighted by Crippen LogP contribution is 2.37. The third-order valence-electron chi connectivity index (χ3n) is 7.61. The predicted octanol–water partition coefficient (Wildman–Crippen LogP) is 2.18. The van der Waals surface area contributed by atoms with Crippen molar-refractivity contribution >= 4 is 23.5 Å². The van der Waals surface area contributed by atoms with Gasteiger partial charge in [-0.05, 0) is 39.2 Å². The molecule has 0 fully saturated rings. The molecule has 1 heterocycles. The molecule has 3 rings (SSSR count). The molecule has 1 aliphatic heterocycles. The van der Waals surface area contributed by atoms with Gasteiger partial charge in [-0.3, -0.25) is 14.4 Å². The third kappa shape index (κ3) is 14.5. The second-order valence-corrected chi connectivity index (χ2v) is 11.2. The van der Waals surface area contributed by atoms with Crippen molar-refractivity contribution in [1.29, 1.82) is 0 Å². The highest BCUT2D eigenvalue weighted by Gasteiger charge is 2.39. The van der Waals surface area contributed by atoms with Crippen LogP contribution in [0.2, 0.25) is 0 Å². The molecule has 0 radical (unpaired) electrons. The molecule has 1 aromatic rings. The molecule has 3 atom stereocenters. The first kappa shape index (κ1) is 44.9. The highest BCUT2D eigenvalue weighted by atomic mass is 17.0. The Morgan fingerprint density at radius 1 is 0.849 bits per heavy atom. The summed E-state index contributed by atoms with van der Waals surface area (Å²) in [6, 6.07) is 9.77. The summed E-state index contributed by atoms with van der Waals surface area (Å²) in [5.74, 6) is -3.80. The van der Waals surface area contributed by atoms with Gasteiger partial charge < -0.3 is 44.8 Å². The van der Waals surface area contributed by atoms with E-state index in [1.165, 1.54) is 0 Å². The summed E-state index contributed by atoms with van der Waals surface area (Å²) in [6.45, 7) is 2.81. The zero-order valence-corrected chi connectivity index (χ0v) is 28.6. The van der Waals surface area contributed by atoms with Crippen LogP contribution in [-0.2, 0) is 38.4 Å². The predicted molar refractivity (Wildman–Crippen MR) is 174 cm³/mol. The summed E-state index contributed by atoms with van der Waals surface area (Å²) in [5, 5.41) is 69.4. The average molecular weight is 758 g/mol. The largest absolute Gasteiger partial charge is 0.505 e. The Hall–Kier alpha value is -6.16. The van der Waals surface area contributed by atoms with Crippen molar-refractivity contribution < 1.29 is 79.2 Å². The van der Waals surface area contributed by atoms with Gasteiger partial charge in [0.25, 0.3) is 15.3 Å². The summed E-state index contributed by atoms with van der Waals surface area (Å²) in [6.07, 6.45) is -1.21. The van der Waals surface area contributed by atoms with Crippen LogP contribution in [0.4, 0.5) is 0 Å². The molecule has 0 amide bonds. The first-order valence-electron chi connectivity index (χ1n) is 15.6. The fraction of sp³-hybridized carbons (Fsp3) is 0.484. The molecular formula is C31H39N3O19. The zero-order valence-electron chi connectivity index (χ0n) is 28.6. The Morgan fingerprint density at radius 2 is 1.40 bits per heavy atom. The zero-order chi connectivity index (χ0) is 40.4. The van der Waals surface area contributed by atoms with Crippen LogP contribution >= 0.6 is 0 Å². The van der Waals surface area contributed by atoms with Crippen LogP contribution in [0.25, 0.3) is 0 Å². The number of unbranched alkanes of at least 4 members (excludes halogenated alkanes) is 2. The molecule has 1 aromatic carbocycles. The Bertz CT molecular complexity index is 1590. The van der Waals surface area contributed by atoms with Gasteiger partial charge >= 0.3 is 11.9 Å². The molecular weight excluding hydrogens is 718 g/mol. The van der Waals surface area contributed by atoms with Gasteiger partial charge in [0.05, 0.1) is 6.61 Å². The van der Waals surface area contributed by atoms with Gasteiger partial charge in [0.1, 0.15) is 19.3 Å². The number of ketones is 2. The van der Waals surface area contributed by atoms with Crippen LogP contribution < -0.4 is 0 Å². The van der Waals surface area contributed by atoms with E-state index in [4.69, 9.17) is 25.5 Å². The Balaban J connectivity index is 0.000000440. The molecule has 292 valence electrons. The van der Waals surface area contributed by atoms with E-state index in [0.29, 0.717) is 28.7 Å². The van der Waals surface area contributed by atoms with E-state index in [-0.39, 0.29) is 23.9 Å². The molecule has 22 heteroatoms. The van der Waals surface area contributed by atoms with Crippen molar-refractivity contribution in [2.75, 3.05) is 19.8 Å². The number of carbonyl (C=O) groups is 4. The maximum absolute atomic E-state index is 12.9. The number of aliphatic carboxylic acids is 1. The van der Waals surface area contributed by atoms with Crippen LogP contribution in [0, 0.1) is 30.3 Å². The van der Waals surface area contributed by atoms with Crippen molar-refractivity contribution in [2.24, 2.45) is 0 Å². The second kappa shape index (κ2) is 21.9. The topological polar surface area (TPSA) is 336 Å². The third-order valence-corrected chi connectivity index (χ3v) is 7.61. The van der Waals surface area contributed by atoms with Crippen LogP contribution in [-0.4, -0.2) is 102 Å².